The summed E-state index contributed by atoms with van der Waals surface area (Å²) in [6, 6.07) is 7.35. The van der Waals surface area contributed by atoms with Crippen LogP contribution in [0.3, 0.4) is 0 Å². The van der Waals surface area contributed by atoms with Crippen molar-refractivity contribution in [1.82, 2.24) is 14.8 Å². The maximum absolute atomic E-state index is 14.5. The molecule has 2 bridgehead atoms. The monoisotopic (exact) mass is 613 g/mol. The number of aromatic nitrogens is 1. The molecule has 1 spiro atoms. The highest BCUT2D eigenvalue weighted by molar-refractivity contribution is 6.07. The molecule has 3 atom stereocenters. The minimum absolute atomic E-state index is 0.0698. The van der Waals surface area contributed by atoms with Crippen LogP contribution in [0.4, 0.5) is 14.6 Å². The molecule has 2 aliphatic carbocycles. The van der Waals surface area contributed by atoms with Crippen LogP contribution < -0.4 is 10.6 Å². The van der Waals surface area contributed by atoms with Crippen LogP contribution in [0.2, 0.25) is 0 Å². The molecule has 1 aromatic carbocycles. The number of halogens is 2. The lowest BCUT2D eigenvalue weighted by Crippen LogP contribution is -2.69. The van der Waals surface area contributed by atoms with Crippen LogP contribution in [-0.4, -0.2) is 59.3 Å². The second-order valence-electron chi connectivity index (χ2n) is 13.9. The molecule has 2 aliphatic heterocycles. The Hall–Kier alpha value is -4.11. The molecule has 9 heteroatoms. The van der Waals surface area contributed by atoms with Crippen molar-refractivity contribution in [3.63, 3.8) is 0 Å². The number of nitrogens with two attached hydrogens (primary N) is 1. The number of pyridine rings is 1. The minimum Gasteiger partial charge on any atom is -0.402 e. The third-order valence-electron chi connectivity index (χ3n) is 10.6. The van der Waals surface area contributed by atoms with Gasteiger partial charge >= 0.3 is 0 Å². The molecule has 4 aliphatic rings. The molecule has 7 nitrogen and oxygen atoms in total. The Morgan fingerprint density at radius 1 is 1.11 bits per heavy atom. The predicted octanol–water partition coefficient (Wildman–Crippen LogP) is 5.50. The van der Waals surface area contributed by atoms with E-state index in [2.05, 4.69) is 17.6 Å². The zero-order valence-electron chi connectivity index (χ0n) is 26.7. The normalized spacial score (nSPS) is 28.4. The van der Waals surface area contributed by atoms with Gasteiger partial charge in [-0.1, -0.05) is 30.4 Å². The summed E-state index contributed by atoms with van der Waals surface area (Å²) in [7, 11) is 3.64. The van der Waals surface area contributed by atoms with Gasteiger partial charge in [0.25, 0.3) is 0 Å². The van der Waals surface area contributed by atoms with E-state index in [-0.39, 0.29) is 24.3 Å². The highest BCUT2D eigenvalue weighted by atomic mass is 19.1. The van der Waals surface area contributed by atoms with Crippen LogP contribution in [0.1, 0.15) is 57.6 Å². The summed E-state index contributed by atoms with van der Waals surface area (Å²) in [5, 5.41) is 0. The summed E-state index contributed by atoms with van der Waals surface area (Å²) in [5.74, 6) is -0.562. The van der Waals surface area contributed by atoms with Crippen molar-refractivity contribution in [3.8, 4) is 0 Å². The van der Waals surface area contributed by atoms with E-state index >= 15 is 0 Å². The van der Waals surface area contributed by atoms with Crippen molar-refractivity contribution in [1.29, 1.82) is 0 Å². The van der Waals surface area contributed by atoms with Crippen molar-refractivity contribution >= 4 is 17.6 Å². The van der Waals surface area contributed by atoms with Crippen LogP contribution in [-0.2, 0) is 20.5 Å². The van der Waals surface area contributed by atoms with Gasteiger partial charge in [0, 0.05) is 43.7 Å². The Morgan fingerprint density at radius 2 is 1.82 bits per heavy atom. The third-order valence-corrected chi connectivity index (χ3v) is 10.6. The number of anilines is 1. The molecule has 3 heterocycles. The number of likely N-dealkylation sites (N-methyl/N-ethyl adjacent to an activating group) is 2. The molecular weight excluding hydrogens is 572 g/mol. The topological polar surface area (TPSA) is 82.8 Å². The Labute approximate surface area is 263 Å². The van der Waals surface area contributed by atoms with Gasteiger partial charge in [-0.25, -0.2) is 13.8 Å². The van der Waals surface area contributed by atoms with Crippen molar-refractivity contribution < 1.29 is 18.4 Å². The van der Waals surface area contributed by atoms with Gasteiger partial charge < -0.3 is 10.6 Å². The van der Waals surface area contributed by atoms with E-state index in [1.807, 2.05) is 50.9 Å². The van der Waals surface area contributed by atoms with Crippen molar-refractivity contribution in [3.05, 3.63) is 107 Å². The summed E-state index contributed by atoms with van der Waals surface area (Å²) in [4.78, 5) is 37.6. The van der Waals surface area contributed by atoms with Gasteiger partial charge in [-0.05, 0) is 100 Å². The van der Waals surface area contributed by atoms with Crippen molar-refractivity contribution in [2.45, 2.75) is 62.9 Å². The molecule has 1 unspecified atom stereocenters. The first-order chi connectivity index (χ1) is 21.2. The van der Waals surface area contributed by atoms with Crippen LogP contribution >= 0.6 is 0 Å². The predicted molar refractivity (Wildman–Crippen MR) is 171 cm³/mol. The van der Waals surface area contributed by atoms with E-state index < -0.39 is 28.1 Å². The van der Waals surface area contributed by atoms with E-state index in [4.69, 9.17) is 5.73 Å². The summed E-state index contributed by atoms with van der Waals surface area (Å²) in [5.41, 5.74) is 9.06. The number of benzene rings is 1. The van der Waals surface area contributed by atoms with E-state index in [0.29, 0.717) is 31.4 Å². The Morgan fingerprint density at radius 3 is 2.51 bits per heavy atom. The SMILES string of the molecule is C=C/C(=C\C1=C(N)CC2CC(=C1)C[C@@]1(C2)C(=O)N(C)c2ncccc21)CN1C(=O)C(C)(C)N(C)C[C@@]1(C)c1cc(F)cc(F)c1. The highest BCUT2D eigenvalue weighted by Gasteiger charge is 2.54. The molecule has 2 aromatic rings. The van der Waals surface area contributed by atoms with Crippen molar-refractivity contribution in [2.24, 2.45) is 11.7 Å². The van der Waals surface area contributed by atoms with Crippen LogP contribution in [0, 0.1) is 17.6 Å². The molecule has 2 fully saturated rings. The number of carbonyl (C=O) groups is 2. The smallest absolute Gasteiger partial charge is 0.243 e. The van der Waals surface area contributed by atoms with Gasteiger partial charge in [-0.2, -0.15) is 0 Å². The molecule has 45 heavy (non-hydrogen) atoms. The number of hydrogen-bond acceptors (Lipinski definition) is 5. The number of fused-ring (bicyclic) bond motifs is 4. The fourth-order valence-corrected chi connectivity index (χ4v) is 7.91. The van der Waals surface area contributed by atoms with Gasteiger partial charge in [0.05, 0.1) is 16.5 Å². The molecule has 0 radical (unpaired) electrons. The molecule has 1 saturated carbocycles. The van der Waals surface area contributed by atoms with Gasteiger partial charge in [0.15, 0.2) is 0 Å². The number of piperazine rings is 1. The van der Waals surface area contributed by atoms with E-state index in [1.54, 1.807) is 29.1 Å². The average molecular weight is 614 g/mol. The lowest BCUT2D eigenvalue weighted by molar-refractivity contribution is -0.159. The quantitative estimate of drug-likeness (QED) is 0.451. The maximum atomic E-state index is 14.5. The van der Waals surface area contributed by atoms with Crippen LogP contribution in [0.25, 0.3) is 0 Å². The largest absolute Gasteiger partial charge is 0.402 e. The molecule has 6 rings (SSSR count). The van der Waals surface area contributed by atoms with Gasteiger partial charge in [0.2, 0.25) is 11.8 Å². The van der Waals surface area contributed by atoms with Crippen LogP contribution in [0.15, 0.2) is 83.8 Å². The lowest BCUT2D eigenvalue weighted by Gasteiger charge is -2.54. The molecule has 1 aromatic heterocycles. The first kappa shape index (κ1) is 30.9. The average Bonchev–Trinajstić information content (AvgIpc) is 3.10. The standard InChI is InChI=1S/C36H41F2N5O2/c1-7-22(20-43-32(44)34(2,3)41(5)21-35(43,4)26-15-27(37)17-28(38)16-26)12-25-13-23-11-24(14-30(25)39)19-36(18-23)29-9-8-10-40-31(29)42(6)33(36)45/h7-10,12-13,15-17,24H,1,11,14,18-21,39H2,2-6H3/b22-12+/t24?,35-,36-/m0/s1. The third kappa shape index (κ3) is 4.92. The van der Waals surface area contributed by atoms with E-state index in [0.717, 1.165) is 46.3 Å². The minimum atomic E-state index is -1.02. The number of amides is 2. The van der Waals surface area contributed by atoms with Gasteiger partial charge in [-0.15, -0.1) is 0 Å². The van der Waals surface area contributed by atoms with Crippen LogP contribution in [0.5, 0.6) is 0 Å². The zero-order valence-corrected chi connectivity index (χ0v) is 26.7. The number of rotatable bonds is 5. The number of carbonyl (C=O) groups excluding carboxylic acids is 2. The first-order valence-electron chi connectivity index (χ1n) is 15.4. The summed E-state index contributed by atoms with van der Waals surface area (Å²) < 4.78 is 28.9. The van der Waals surface area contributed by atoms with Gasteiger partial charge in [0.1, 0.15) is 17.5 Å². The summed E-state index contributed by atoms with van der Waals surface area (Å²) >= 11 is 0. The molecule has 236 valence electrons. The number of allylic oxidation sites excluding steroid dienone is 5. The molecule has 2 amide bonds. The van der Waals surface area contributed by atoms with E-state index in [1.165, 1.54) is 12.1 Å². The molecular formula is C36H41F2N5O2. The second kappa shape index (κ2) is 10.8. The zero-order chi connectivity index (χ0) is 32.5. The molecule has 2 N–H and O–H groups in total. The van der Waals surface area contributed by atoms with Crippen molar-refractivity contribution in [2.75, 3.05) is 32.1 Å². The number of hydrogen-bond donors (Lipinski definition) is 1. The fourth-order valence-electron chi connectivity index (χ4n) is 7.91. The highest BCUT2D eigenvalue weighted by Crippen LogP contribution is 2.53. The lowest BCUT2D eigenvalue weighted by atomic mass is 9.64. The maximum Gasteiger partial charge on any atom is 0.243 e. The summed E-state index contributed by atoms with van der Waals surface area (Å²) in [6.45, 7) is 10.2. The Bertz CT molecular complexity index is 1690. The fraction of sp³-hybridized carbons (Fsp3) is 0.417. The molecule has 1 saturated heterocycles. The Balaban J connectivity index is 1.37. The Kier molecular flexibility index (Phi) is 7.39. The van der Waals surface area contributed by atoms with Gasteiger partial charge in [-0.3, -0.25) is 19.4 Å². The summed E-state index contributed by atoms with van der Waals surface area (Å²) in [6.07, 6.45) is 10.3. The van der Waals surface area contributed by atoms with E-state index in [9.17, 15) is 18.4 Å². The number of nitrogens with zero attached hydrogens (tertiary/aromatic N) is 4. The second-order valence-corrected chi connectivity index (χ2v) is 13.9. The first-order valence-corrected chi connectivity index (χ1v) is 15.4.